The molecular formula is C8H18NO2S+. The van der Waals surface area contributed by atoms with Gasteiger partial charge in [-0.05, 0) is 0 Å². The van der Waals surface area contributed by atoms with E-state index in [1.165, 1.54) is 0 Å². The van der Waals surface area contributed by atoms with E-state index in [9.17, 15) is 9.90 Å². The Bertz CT molecular complexity index is 154. The van der Waals surface area contributed by atoms with Crippen molar-refractivity contribution in [3.05, 3.63) is 0 Å². The fourth-order valence-corrected chi connectivity index (χ4v) is 1.73. The van der Waals surface area contributed by atoms with E-state index in [1.807, 2.05) is 21.1 Å². The van der Waals surface area contributed by atoms with E-state index in [1.54, 1.807) is 6.92 Å². The molecule has 0 radical (unpaired) electrons. The Morgan fingerprint density at radius 3 is 2.33 bits per heavy atom. The lowest BCUT2D eigenvalue weighted by molar-refractivity contribution is -0.871. The summed E-state index contributed by atoms with van der Waals surface area (Å²) in [5.41, 5.74) is -0.572. The Balaban J connectivity index is 3.74. The van der Waals surface area contributed by atoms with E-state index in [0.717, 1.165) is 11.8 Å². The zero-order valence-corrected chi connectivity index (χ0v) is 9.02. The number of thioether (sulfide) groups is 1. The third kappa shape index (κ3) is 6.64. The van der Waals surface area contributed by atoms with Crippen LogP contribution in [0, 0.1) is 0 Å². The molecule has 3 nitrogen and oxygen atoms in total. The second kappa shape index (κ2) is 4.84. The average Bonchev–Trinajstić information content (AvgIpc) is 1.82. The molecule has 0 aromatic heterocycles. The number of nitrogens with zero attached hydrogens (tertiary/aromatic N) is 1. The molecule has 0 unspecified atom stereocenters. The summed E-state index contributed by atoms with van der Waals surface area (Å²) in [6.07, 6.45) is 0.485. The SMILES string of the molecule is CCC(=O)S[C@H](O)C[N+](C)(C)C. The molecule has 12 heavy (non-hydrogen) atoms. The lowest BCUT2D eigenvalue weighted by atomic mass is 10.5. The zero-order chi connectivity index (χ0) is 9.78. The number of hydrogen-bond acceptors (Lipinski definition) is 3. The van der Waals surface area contributed by atoms with Crippen molar-refractivity contribution in [2.24, 2.45) is 0 Å². The first-order chi connectivity index (χ1) is 5.35. The number of aliphatic hydroxyl groups excluding tert-OH is 1. The molecule has 0 heterocycles. The highest BCUT2D eigenvalue weighted by Crippen LogP contribution is 2.13. The smallest absolute Gasteiger partial charge is 0.191 e. The Morgan fingerprint density at radius 2 is 2.00 bits per heavy atom. The summed E-state index contributed by atoms with van der Waals surface area (Å²) in [4.78, 5) is 10.9. The summed E-state index contributed by atoms with van der Waals surface area (Å²) in [5, 5.41) is 9.46. The zero-order valence-electron chi connectivity index (χ0n) is 8.20. The van der Waals surface area contributed by atoms with Gasteiger partial charge in [0.1, 0.15) is 6.54 Å². The topological polar surface area (TPSA) is 37.3 Å². The molecule has 1 atom stereocenters. The van der Waals surface area contributed by atoms with Gasteiger partial charge in [-0.25, -0.2) is 0 Å². The number of hydrogen-bond donors (Lipinski definition) is 1. The second-order valence-electron chi connectivity index (χ2n) is 3.77. The molecule has 0 spiro atoms. The number of carbonyl (C=O) groups is 1. The van der Waals surface area contributed by atoms with Crippen LogP contribution in [0.2, 0.25) is 0 Å². The first-order valence-corrected chi connectivity index (χ1v) is 4.91. The Morgan fingerprint density at radius 1 is 1.50 bits per heavy atom. The highest BCUT2D eigenvalue weighted by atomic mass is 32.2. The van der Waals surface area contributed by atoms with Crippen LogP contribution in [-0.2, 0) is 4.79 Å². The van der Waals surface area contributed by atoms with Crippen LogP contribution in [0.4, 0.5) is 0 Å². The Labute approximate surface area is 78.3 Å². The minimum Gasteiger partial charge on any atom is -0.376 e. The molecule has 0 aromatic carbocycles. The van der Waals surface area contributed by atoms with Gasteiger partial charge in [-0.3, -0.25) is 4.79 Å². The van der Waals surface area contributed by atoms with Gasteiger partial charge in [0.25, 0.3) is 0 Å². The van der Waals surface area contributed by atoms with Crippen molar-refractivity contribution in [2.45, 2.75) is 18.8 Å². The summed E-state index contributed by atoms with van der Waals surface area (Å²) in [6, 6.07) is 0. The highest BCUT2D eigenvalue weighted by molar-refractivity contribution is 8.14. The minimum absolute atomic E-state index is 0.0518. The molecule has 0 saturated heterocycles. The predicted molar refractivity (Wildman–Crippen MR) is 51.8 cm³/mol. The molecule has 0 aliphatic rings. The van der Waals surface area contributed by atoms with Gasteiger partial charge in [-0.15, -0.1) is 0 Å². The van der Waals surface area contributed by atoms with E-state index in [0.29, 0.717) is 17.4 Å². The lowest BCUT2D eigenvalue weighted by Gasteiger charge is -2.25. The van der Waals surface area contributed by atoms with Gasteiger partial charge in [0.15, 0.2) is 10.6 Å². The van der Waals surface area contributed by atoms with Gasteiger partial charge in [-0.1, -0.05) is 18.7 Å². The molecule has 0 aliphatic carbocycles. The monoisotopic (exact) mass is 192 g/mol. The van der Waals surface area contributed by atoms with E-state index < -0.39 is 5.44 Å². The molecule has 0 rings (SSSR count). The molecule has 0 saturated carbocycles. The second-order valence-corrected chi connectivity index (χ2v) is 5.01. The summed E-state index contributed by atoms with van der Waals surface area (Å²) in [6.45, 7) is 2.39. The van der Waals surface area contributed by atoms with Gasteiger partial charge in [0.05, 0.1) is 21.1 Å². The third-order valence-corrected chi connectivity index (χ3v) is 2.23. The molecule has 72 valence electrons. The van der Waals surface area contributed by atoms with Crippen LogP contribution in [0.1, 0.15) is 13.3 Å². The maximum atomic E-state index is 10.9. The molecule has 0 amide bonds. The maximum absolute atomic E-state index is 10.9. The minimum atomic E-state index is -0.572. The standard InChI is InChI=1S/C8H18NO2S/c1-5-7(10)12-8(11)6-9(2,3)4/h8,11H,5-6H2,1-4H3/q+1/t8-/m0/s1. The highest BCUT2D eigenvalue weighted by Gasteiger charge is 2.17. The summed E-state index contributed by atoms with van der Waals surface area (Å²) in [5.74, 6) is 0. The maximum Gasteiger partial charge on any atom is 0.191 e. The van der Waals surface area contributed by atoms with Crippen molar-refractivity contribution in [3.63, 3.8) is 0 Å². The van der Waals surface area contributed by atoms with Crippen LogP contribution < -0.4 is 0 Å². The van der Waals surface area contributed by atoms with Crippen molar-refractivity contribution in [1.29, 1.82) is 0 Å². The number of aliphatic hydroxyl groups is 1. The fourth-order valence-electron chi connectivity index (χ4n) is 0.741. The lowest BCUT2D eigenvalue weighted by Crippen LogP contribution is -2.40. The predicted octanol–water partition coefficient (Wildman–Crippen LogP) is 0.681. The van der Waals surface area contributed by atoms with Crippen molar-refractivity contribution >= 4 is 16.9 Å². The number of carbonyl (C=O) groups excluding carboxylic acids is 1. The third-order valence-electron chi connectivity index (χ3n) is 1.26. The van der Waals surface area contributed by atoms with Gasteiger partial charge in [0.2, 0.25) is 0 Å². The molecular weight excluding hydrogens is 174 g/mol. The fraction of sp³-hybridized carbons (Fsp3) is 0.875. The van der Waals surface area contributed by atoms with Gasteiger partial charge in [0, 0.05) is 6.42 Å². The summed E-state index contributed by atoms with van der Waals surface area (Å²) in [7, 11) is 5.96. The summed E-state index contributed by atoms with van der Waals surface area (Å²) >= 11 is 1.03. The molecule has 0 aromatic rings. The van der Waals surface area contributed by atoms with Crippen molar-refractivity contribution in [2.75, 3.05) is 27.7 Å². The van der Waals surface area contributed by atoms with Crippen LogP contribution in [-0.4, -0.2) is 47.8 Å². The van der Waals surface area contributed by atoms with Crippen molar-refractivity contribution in [3.8, 4) is 0 Å². The Hall–Kier alpha value is -0.0600. The van der Waals surface area contributed by atoms with Gasteiger partial charge < -0.3 is 9.59 Å². The van der Waals surface area contributed by atoms with Crippen LogP contribution in [0.5, 0.6) is 0 Å². The molecule has 1 N–H and O–H groups in total. The largest absolute Gasteiger partial charge is 0.376 e. The van der Waals surface area contributed by atoms with Gasteiger partial charge >= 0.3 is 0 Å². The quantitative estimate of drug-likeness (QED) is 0.526. The van der Waals surface area contributed by atoms with Crippen LogP contribution >= 0.6 is 11.8 Å². The molecule has 0 bridgehead atoms. The first-order valence-electron chi connectivity index (χ1n) is 4.03. The van der Waals surface area contributed by atoms with E-state index in [4.69, 9.17) is 0 Å². The number of likely N-dealkylation sites (N-methyl/N-ethyl adjacent to an activating group) is 1. The molecule has 0 fully saturated rings. The van der Waals surface area contributed by atoms with E-state index in [-0.39, 0.29) is 5.12 Å². The number of rotatable bonds is 4. The van der Waals surface area contributed by atoms with Crippen molar-refractivity contribution in [1.82, 2.24) is 0 Å². The van der Waals surface area contributed by atoms with E-state index >= 15 is 0 Å². The Kier molecular flexibility index (Phi) is 4.82. The summed E-state index contributed by atoms with van der Waals surface area (Å²) < 4.78 is 0.672. The normalized spacial score (nSPS) is 14.4. The van der Waals surface area contributed by atoms with E-state index in [2.05, 4.69) is 0 Å². The van der Waals surface area contributed by atoms with Gasteiger partial charge in [-0.2, -0.15) is 0 Å². The van der Waals surface area contributed by atoms with Crippen LogP contribution in [0.25, 0.3) is 0 Å². The van der Waals surface area contributed by atoms with Crippen LogP contribution in [0.3, 0.4) is 0 Å². The van der Waals surface area contributed by atoms with Crippen LogP contribution in [0.15, 0.2) is 0 Å². The van der Waals surface area contributed by atoms with Crippen molar-refractivity contribution < 1.29 is 14.4 Å². The molecule has 4 heteroatoms. The molecule has 0 aliphatic heterocycles. The first kappa shape index (κ1) is 11.9. The number of quaternary nitrogens is 1. The average molecular weight is 192 g/mol.